The molecule has 0 fully saturated rings. The summed E-state index contributed by atoms with van der Waals surface area (Å²) < 4.78 is 0. The van der Waals surface area contributed by atoms with E-state index in [-0.39, 0.29) is 24.8 Å². The monoisotopic (exact) mass is 216 g/mol. The average molecular weight is 217 g/mol. The van der Waals surface area contributed by atoms with Gasteiger partial charge in [-0.15, -0.1) is 24.8 Å². The molecule has 0 heterocycles. The third-order valence-electron chi connectivity index (χ3n) is 2.14. The molecule has 2 nitrogen and oxygen atoms in total. The number of hydrogen-bond acceptors (Lipinski definition) is 2. The SMILES string of the molecule is CC(C)C(C)N(C)CCN.Cl.Cl. The second-order valence-electron chi connectivity index (χ2n) is 3.25. The first-order valence-corrected chi connectivity index (χ1v) is 4.00. The molecule has 0 saturated heterocycles. The van der Waals surface area contributed by atoms with Gasteiger partial charge in [0.1, 0.15) is 0 Å². The number of nitrogens with two attached hydrogens (primary N) is 1. The van der Waals surface area contributed by atoms with E-state index in [1.807, 2.05) is 0 Å². The first kappa shape index (κ1) is 18.3. The minimum atomic E-state index is 0. The van der Waals surface area contributed by atoms with E-state index in [1.54, 1.807) is 0 Å². The zero-order valence-electron chi connectivity index (χ0n) is 8.41. The summed E-state index contributed by atoms with van der Waals surface area (Å²) >= 11 is 0. The molecule has 0 bridgehead atoms. The zero-order valence-corrected chi connectivity index (χ0v) is 10.0. The van der Waals surface area contributed by atoms with E-state index in [2.05, 4.69) is 32.7 Å². The Morgan fingerprint density at radius 1 is 1.17 bits per heavy atom. The van der Waals surface area contributed by atoms with Crippen LogP contribution < -0.4 is 5.73 Å². The van der Waals surface area contributed by atoms with Crippen molar-refractivity contribution in [3.8, 4) is 0 Å². The van der Waals surface area contributed by atoms with E-state index in [9.17, 15) is 0 Å². The lowest BCUT2D eigenvalue weighted by Gasteiger charge is -2.26. The van der Waals surface area contributed by atoms with Crippen LogP contribution in [0.15, 0.2) is 0 Å². The Morgan fingerprint density at radius 2 is 1.58 bits per heavy atom. The van der Waals surface area contributed by atoms with Gasteiger partial charge in [0.25, 0.3) is 0 Å². The first-order valence-electron chi connectivity index (χ1n) is 4.00. The molecule has 4 heteroatoms. The minimum absolute atomic E-state index is 0. The van der Waals surface area contributed by atoms with Crippen LogP contribution in [-0.4, -0.2) is 31.1 Å². The van der Waals surface area contributed by atoms with Crippen LogP contribution >= 0.6 is 24.8 Å². The maximum Gasteiger partial charge on any atom is 0.0104 e. The second-order valence-corrected chi connectivity index (χ2v) is 3.25. The molecule has 0 spiro atoms. The molecular weight excluding hydrogens is 195 g/mol. The third kappa shape index (κ3) is 7.17. The van der Waals surface area contributed by atoms with Gasteiger partial charge in [-0.25, -0.2) is 0 Å². The Hall–Kier alpha value is 0.500. The van der Waals surface area contributed by atoms with Crippen LogP contribution in [0.2, 0.25) is 0 Å². The predicted molar refractivity (Wildman–Crippen MR) is 60.5 cm³/mol. The van der Waals surface area contributed by atoms with Gasteiger partial charge in [0.05, 0.1) is 0 Å². The molecule has 0 aliphatic rings. The van der Waals surface area contributed by atoms with Crippen molar-refractivity contribution in [2.75, 3.05) is 20.1 Å². The largest absolute Gasteiger partial charge is 0.329 e. The lowest BCUT2D eigenvalue weighted by Crippen LogP contribution is -2.36. The molecule has 1 atom stereocenters. The summed E-state index contributed by atoms with van der Waals surface area (Å²) in [5, 5.41) is 0. The molecule has 0 rings (SSSR count). The van der Waals surface area contributed by atoms with E-state index >= 15 is 0 Å². The molecule has 2 N–H and O–H groups in total. The molecular formula is C8H22Cl2N2. The fourth-order valence-corrected chi connectivity index (χ4v) is 0.916. The van der Waals surface area contributed by atoms with Crippen molar-refractivity contribution in [2.45, 2.75) is 26.8 Å². The van der Waals surface area contributed by atoms with Gasteiger partial charge >= 0.3 is 0 Å². The molecule has 0 radical (unpaired) electrons. The summed E-state index contributed by atoms with van der Waals surface area (Å²) in [6.45, 7) is 8.46. The van der Waals surface area contributed by atoms with Gasteiger partial charge in [-0.1, -0.05) is 13.8 Å². The Balaban J connectivity index is -0.000000405. The van der Waals surface area contributed by atoms with Crippen LogP contribution in [0, 0.1) is 5.92 Å². The molecule has 0 saturated carbocycles. The van der Waals surface area contributed by atoms with Gasteiger partial charge in [-0.05, 0) is 19.9 Å². The van der Waals surface area contributed by atoms with E-state index in [4.69, 9.17) is 5.73 Å². The topological polar surface area (TPSA) is 29.3 Å². The molecule has 12 heavy (non-hydrogen) atoms. The highest BCUT2D eigenvalue weighted by atomic mass is 35.5. The summed E-state index contributed by atoms with van der Waals surface area (Å²) in [5.41, 5.74) is 5.43. The Labute approximate surface area is 88.7 Å². The van der Waals surface area contributed by atoms with E-state index in [0.29, 0.717) is 6.04 Å². The van der Waals surface area contributed by atoms with Crippen LogP contribution in [-0.2, 0) is 0 Å². The highest BCUT2D eigenvalue weighted by Gasteiger charge is 2.10. The van der Waals surface area contributed by atoms with Crippen molar-refractivity contribution < 1.29 is 0 Å². The van der Waals surface area contributed by atoms with E-state index in [0.717, 1.165) is 19.0 Å². The third-order valence-corrected chi connectivity index (χ3v) is 2.14. The van der Waals surface area contributed by atoms with Crippen molar-refractivity contribution in [1.29, 1.82) is 0 Å². The average Bonchev–Trinajstić information content (AvgIpc) is 1.87. The van der Waals surface area contributed by atoms with Gasteiger partial charge < -0.3 is 10.6 Å². The Kier molecular flexibility index (Phi) is 14.6. The van der Waals surface area contributed by atoms with Crippen molar-refractivity contribution in [2.24, 2.45) is 11.7 Å². The highest BCUT2D eigenvalue weighted by molar-refractivity contribution is 5.85. The molecule has 0 amide bonds. The maximum atomic E-state index is 5.43. The number of nitrogens with zero attached hydrogens (tertiary/aromatic N) is 1. The van der Waals surface area contributed by atoms with Gasteiger partial charge in [0.15, 0.2) is 0 Å². The summed E-state index contributed by atoms with van der Waals surface area (Å²) in [5.74, 6) is 0.719. The van der Waals surface area contributed by atoms with E-state index < -0.39 is 0 Å². The van der Waals surface area contributed by atoms with Gasteiger partial charge in [-0.3, -0.25) is 0 Å². The van der Waals surface area contributed by atoms with Crippen LogP contribution in [0.4, 0.5) is 0 Å². The number of hydrogen-bond donors (Lipinski definition) is 1. The fraction of sp³-hybridized carbons (Fsp3) is 1.00. The molecule has 78 valence electrons. The summed E-state index contributed by atoms with van der Waals surface area (Å²) in [6, 6.07) is 0.642. The molecule has 0 aromatic carbocycles. The summed E-state index contributed by atoms with van der Waals surface area (Å²) in [6.07, 6.45) is 0. The van der Waals surface area contributed by atoms with Crippen molar-refractivity contribution >= 4 is 24.8 Å². The fourth-order valence-electron chi connectivity index (χ4n) is 0.916. The summed E-state index contributed by atoms with van der Waals surface area (Å²) in [4.78, 5) is 2.30. The number of likely N-dealkylation sites (N-methyl/N-ethyl adjacent to an activating group) is 1. The maximum absolute atomic E-state index is 5.43. The van der Waals surface area contributed by atoms with Crippen LogP contribution in [0.1, 0.15) is 20.8 Å². The normalized spacial score (nSPS) is 12.2. The van der Waals surface area contributed by atoms with Crippen LogP contribution in [0.3, 0.4) is 0 Å². The minimum Gasteiger partial charge on any atom is -0.329 e. The Bertz CT molecular complexity index is 89.1. The first-order chi connectivity index (χ1) is 4.59. The van der Waals surface area contributed by atoms with Crippen LogP contribution in [0.25, 0.3) is 0 Å². The van der Waals surface area contributed by atoms with Gasteiger partial charge in [-0.2, -0.15) is 0 Å². The van der Waals surface area contributed by atoms with E-state index in [1.165, 1.54) is 0 Å². The van der Waals surface area contributed by atoms with Crippen molar-refractivity contribution in [3.63, 3.8) is 0 Å². The predicted octanol–water partition coefficient (Wildman–Crippen LogP) is 1.77. The quantitative estimate of drug-likeness (QED) is 0.777. The molecule has 0 aliphatic heterocycles. The second kappa shape index (κ2) is 9.59. The standard InChI is InChI=1S/C8H20N2.2ClH/c1-7(2)8(3)10(4)6-5-9;;/h7-8H,5-6,9H2,1-4H3;2*1H. The molecule has 0 aromatic heterocycles. The molecule has 0 aromatic rings. The van der Waals surface area contributed by atoms with Gasteiger partial charge in [0, 0.05) is 19.1 Å². The van der Waals surface area contributed by atoms with Crippen molar-refractivity contribution in [3.05, 3.63) is 0 Å². The lowest BCUT2D eigenvalue weighted by atomic mass is 10.1. The smallest absolute Gasteiger partial charge is 0.0104 e. The zero-order chi connectivity index (χ0) is 8.15. The molecule has 0 aliphatic carbocycles. The van der Waals surface area contributed by atoms with Crippen LogP contribution in [0.5, 0.6) is 0 Å². The van der Waals surface area contributed by atoms with Crippen molar-refractivity contribution in [1.82, 2.24) is 4.90 Å². The summed E-state index contributed by atoms with van der Waals surface area (Å²) in [7, 11) is 2.12. The number of rotatable bonds is 4. The Morgan fingerprint density at radius 3 is 1.83 bits per heavy atom. The lowest BCUT2D eigenvalue weighted by molar-refractivity contribution is 0.213. The number of halogens is 2. The molecule has 1 unspecified atom stereocenters. The highest BCUT2D eigenvalue weighted by Crippen LogP contribution is 2.06. The van der Waals surface area contributed by atoms with Gasteiger partial charge in [0.2, 0.25) is 0 Å².